The number of amides is 1. The molecule has 5 rings (SSSR count). The number of benzene rings is 1. The highest BCUT2D eigenvalue weighted by Gasteiger charge is 2.52. The number of carbonyl (C=O) groups is 1. The number of fused-ring (bicyclic) bond motifs is 2. The largest absolute Gasteiger partial charge is 0.353 e. The van der Waals surface area contributed by atoms with Gasteiger partial charge in [0.2, 0.25) is 5.91 Å². The van der Waals surface area contributed by atoms with Crippen LogP contribution in [0, 0.1) is 0 Å². The Morgan fingerprint density at radius 3 is 2.72 bits per heavy atom. The van der Waals surface area contributed by atoms with Crippen molar-refractivity contribution >= 4 is 5.91 Å². The fraction of sp³-hybridized carbons (Fsp3) is 0.565. The molecule has 2 atom stereocenters. The van der Waals surface area contributed by atoms with Crippen molar-refractivity contribution < 1.29 is 4.79 Å². The number of hydrogen-bond acceptors (Lipinski definition) is 4. The summed E-state index contributed by atoms with van der Waals surface area (Å²) in [6.45, 7) is 3.37. The van der Waals surface area contributed by atoms with Crippen LogP contribution < -0.4 is 10.6 Å². The first kappa shape index (κ1) is 18.8. The number of nitrogens with one attached hydrogen (secondary N) is 2. The maximum absolute atomic E-state index is 13.3. The van der Waals surface area contributed by atoms with Crippen molar-refractivity contribution in [3.63, 3.8) is 0 Å². The lowest BCUT2D eigenvalue weighted by Crippen LogP contribution is -2.57. The Morgan fingerprint density at radius 2 is 1.97 bits per heavy atom. The number of carbonyl (C=O) groups excluding carboxylic acids is 1. The molecule has 1 aliphatic carbocycles. The van der Waals surface area contributed by atoms with Crippen molar-refractivity contribution in [2.24, 2.45) is 0 Å². The van der Waals surface area contributed by atoms with Crippen LogP contribution in [0.4, 0.5) is 0 Å². The van der Waals surface area contributed by atoms with E-state index in [4.69, 9.17) is 0 Å². The zero-order chi connectivity index (χ0) is 19.7. The highest BCUT2D eigenvalue weighted by molar-refractivity contribution is 5.87. The van der Waals surface area contributed by atoms with Crippen LogP contribution in [-0.2, 0) is 24.2 Å². The Balaban J connectivity index is 1.21. The molecule has 1 aromatic carbocycles. The van der Waals surface area contributed by atoms with Crippen LogP contribution in [0.1, 0.15) is 36.8 Å². The Kier molecular flexibility index (Phi) is 5.14. The van der Waals surface area contributed by atoms with Crippen molar-refractivity contribution in [2.45, 2.75) is 62.7 Å². The highest BCUT2D eigenvalue weighted by Crippen LogP contribution is 2.38. The second-order valence-corrected chi connectivity index (χ2v) is 8.90. The maximum Gasteiger partial charge on any atom is 0.240 e. The molecule has 2 aromatic rings. The Morgan fingerprint density at radius 1 is 1.14 bits per heavy atom. The average Bonchev–Trinajstić information content (AvgIpc) is 3.45. The van der Waals surface area contributed by atoms with Gasteiger partial charge in [-0.25, -0.2) is 0 Å². The molecule has 2 saturated heterocycles. The summed E-state index contributed by atoms with van der Waals surface area (Å²) >= 11 is 0. The Bertz CT molecular complexity index is 826. The molecule has 3 heterocycles. The second-order valence-electron chi connectivity index (χ2n) is 8.90. The lowest BCUT2D eigenvalue weighted by molar-refractivity contribution is -0.133. The molecule has 1 aromatic heterocycles. The van der Waals surface area contributed by atoms with Gasteiger partial charge in [-0.15, -0.1) is 0 Å². The van der Waals surface area contributed by atoms with Gasteiger partial charge in [0.25, 0.3) is 0 Å². The van der Waals surface area contributed by atoms with Crippen LogP contribution in [0.5, 0.6) is 0 Å². The first-order valence-corrected chi connectivity index (χ1v) is 11.1. The van der Waals surface area contributed by atoms with Crippen LogP contribution in [0.3, 0.4) is 0 Å². The molecule has 1 amide bonds. The lowest BCUT2D eigenvalue weighted by atomic mass is 9.84. The molecule has 29 heavy (non-hydrogen) atoms. The van der Waals surface area contributed by atoms with E-state index < -0.39 is 0 Å². The third-order valence-electron chi connectivity index (χ3n) is 7.03. The minimum atomic E-state index is -0.328. The molecule has 3 aliphatic rings. The summed E-state index contributed by atoms with van der Waals surface area (Å²) in [6, 6.07) is 11.6. The van der Waals surface area contributed by atoms with Crippen molar-refractivity contribution in [1.29, 1.82) is 0 Å². The van der Waals surface area contributed by atoms with E-state index in [9.17, 15) is 4.79 Å². The van der Waals surface area contributed by atoms with Gasteiger partial charge in [-0.05, 0) is 62.3 Å². The number of piperidine rings is 1. The van der Waals surface area contributed by atoms with E-state index in [-0.39, 0.29) is 11.4 Å². The normalized spacial score (nSPS) is 27.0. The van der Waals surface area contributed by atoms with Crippen molar-refractivity contribution in [3.8, 4) is 0 Å². The van der Waals surface area contributed by atoms with Gasteiger partial charge in [0.15, 0.2) is 0 Å². The van der Waals surface area contributed by atoms with Crippen LogP contribution in [-0.4, -0.2) is 57.8 Å². The molecule has 6 heteroatoms. The maximum atomic E-state index is 13.3. The summed E-state index contributed by atoms with van der Waals surface area (Å²) in [5.41, 5.74) is 2.63. The van der Waals surface area contributed by atoms with Gasteiger partial charge in [-0.1, -0.05) is 24.3 Å². The minimum Gasteiger partial charge on any atom is -0.353 e. The van der Waals surface area contributed by atoms with E-state index in [1.807, 2.05) is 16.9 Å². The Labute approximate surface area is 172 Å². The van der Waals surface area contributed by atoms with E-state index >= 15 is 0 Å². The Hall–Kier alpha value is -2.18. The zero-order valence-corrected chi connectivity index (χ0v) is 17.0. The van der Waals surface area contributed by atoms with E-state index in [0.29, 0.717) is 18.6 Å². The molecular weight excluding hydrogens is 362 g/mol. The monoisotopic (exact) mass is 393 g/mol. The quantitative estimate of drug-likeness (QED) is 0.785. The van der Waals surface area contributed by atoms with Crippen molar-refractivity contribution in [2.75, 3.05) is 19.6 Å². The molecule has 2 aliphatic heterocycles. The van der Waals surface area contributed by atoms with Crippen LogP contribution in [0.25, 0.3) is 0 Å². The van der Waals surface area contributed by atoms with Crippen LogP contribution in [0.2, 0.25) is 0 Å². The smallest absolute Gasteiger partial charge is 0.240 e. The highest BCUT2D eigenvalue weighted by atomic mass is 16.2. The number of rotatable bonds is 6. The molecule has 6 nitrogen and oxygen atoms in total. The predicted molar refractivity (Wildman–Crippen MR) is 113 cm³/mol. The molecule has 0 spiro atoms. The molecule has 0 saturated carbocycles. The van der Waals surface area contributed by atoms with Gasteiger partial charge in [0, 0.05) is 37.6 Å². The van der Waals surface area contributed by atoms with Gasteiger partial charge in [0.1, 0.15) is 5.54 Å². The zero-order valence-electron chi connectivity index (χ0n) is 17.0. The van der Waals surface area contributed by atoms with E-state index in [0.717, 1.165) is 51.7 Å². The second kappa shape index (κ2) is 7.92. The first-order valence-electron chi connectivity index (χ1n) is 11.1. The third kappa shape index (κ3) is 3.71. The van der Waals surface area contributed by atoms with Crippen molar-refractivity contribution in [1.82, 2.24) is 25.3 Å². The number of hydrogen-bond donors (Lipinski definition) is 2. The molecule has 2 N–H and O–H groups in total. The summed E-state index contributed by atoms with van der Waals surface area (Å²) in [6.07, 6.45) is 10.2. The molecular formula is C23H31N5O. The van der Waals surface area contributed by atoms with Gasteiger partial charge in [0.05, 0.1) is 6.54 Å². The number of aromatic nitrogens is 2. The molecule has 0 bridgehead atoms. The summed E-state index contributed by atoms with van der Waals surface area (Å²) in [4.78, 5) is 15.7. The van der Waals surface area contributed by atoms with Crippen molar-refractivity contribution in [3.05, 3.63) is 53.9 Å². The summed E-state index contributed by atoms with van der Waals surface area (Å²) in [5.74, 6) is 0.211. The van der Waals surface area contributed by atoms with E-state index in [1.165, 1.54) is 17.5 Å². The lowest BCUT2D eigenvalue weighted by Gasteiger charge is -2.40. The van der Waals surface area contributed by atoms with Gasteiger partial charge >= 0.3 is 0 Å². The van der Waals surface area contributed by atoms with Gasteiger partial charge in [-0.3, -0.25) is 14.4 Å². The van der Waals surface area contributed by atoms with E-state index in [1.54, 1.807) is 6.20 Å². The molecule has 154 valence electrons. The topological polar surface area (TPSA) is 62.2 Å². The fourth-order valence-electron chi connectivity index (χ4n) is 5.68. The standard InChI is InChI=1S/C23H31N5O/c29-22(24-10-13-28-12-5-9-25-28)23-8-3-4-11-27(23)17-21(16-23)26-20-14-18-6-1-2-7-19(18)15-20/h1-2,5-7,9,12,20-21,26H,3-4,8,10-11,13-17H2,(H,24,29)/t21-,23-/m0/s1. The molecule has 0 radical (unpaired) electrons. The van der Waals surface area contributed by atoms with Crippen LogP contribution in [0.15, 0.2) is 42.7 Å². The van der Waals surface area contributed by atoms with Crippen LogP contribution >= 0.6 is 0 Å². The van der Waals surface area contributed by atoms with Gasteiger partial charge in [-0.2, -0.15) is 5.10 Å². The predicted octanol–water partition coefficient (Wildman–Crippen LogP) is 1.75. The fourth-order valence-corrected chi connectivity index (χ4v) is 5.68. The first-order chi connectivity index (χ1) is 14.2. The summed E-state index contributed by atoms with van der Waals surface area (Å²) in [5, 5.41) is 11.3. The third-order valence-corrected chi connectivity index (χ3v) is 7.03. The SMILES string of the molecule is O=C(NCCn1cccn1)[C@@]12CCCCN1C[C@@H](NC1Cc3ccccc3C1)C2. The number of nitrogens with zero attached hydrogens (tertiary/aromatic N) is 3. The molecule has 2 fully saturated rings. The van der Waals surface area contributed by atoms with E-state index in [2.05, 4.69) is 44.9 Å². The minimum absolute atomic E-state index is 0.211. The summed E-state index contributed by atoms with van der Waals surface area (Å²) < 4.78 is 1.87. The summed E-state index contributed by atoms with van der Waals surface area (Å²) in [7, 11) is 0. The average molecular weight is 394 g/mol. The molecule has 0 unspecified atom stereocenters. The van der Waals surface area contributed by atoms with Gasteiger partial charge < -0.3 is 10.6 Å².